The molecule has 2 rings (SSSR count). The highest BCUT2D eigenvalue weighted by atomic mass is 16.5. The van der Waals surface area contributed by atoms with Gasteiger partial charge in [0.05, 0.1) is 12.5 Å². The molecule has 1 aromatic carbocycles. The molecule has 1 unspecified atom stereocenters. The Hall–Kier alpha value is -1.71. The van der Waals surface area contributed by atoms with Gasteiger partial charge in [-0.3, -0.25) is 4.79 Å². The van der Waals surface area contributed by atoms with Gasteiger partial charge < -0.3 is 14.4 Å². The molecule has 0 spiro atoms. The summed E-state index contributed by atoms with van der Waals surface area (Å²) in [4.78, 5) is 14.3. The van der Waals surface area contributed by atoms with E-state index in [1.807, 2.05) is 33.8 Å². The highest BCUT2D eigenvalue weighted by Crippen LogP contribution is 2.30. The van der Waals surface area contributed by atoms with E-state index >= 15 is 0 Å². The van der Waals surface area contributed by atoms with Crippen LogP contribution >= 0.6 is 0 Å². The van der Waals surface area contributed by atoms with Crippen molar-refractivity contribution in [3.05, 3.63) is 23.8 Å². The number of hydrogen-bond donors (Lipinski definition) is 0. The molecule has 0 amide bonds. The number of carbonyl (C=O) groups excluding carboxylic acids is 1. The van der Waals surface area contributed by atoms with Crippen molar-refractivity contribution in [1.82, 2.24) is 0 Å². The summed E-state index contributed by atoms with van der Waals surface area (Å²) in [6.07, 6.45) is 1.93. The van der Waals surface area contributed by atoms with Crippen LogP contribution in [0.4, 0.5) is 5.69 Å². The van der Waals surface area contributed by atoms with E-state index in [2.05, 4.69) is 24.0 Å². The van der Waals surface area contributed by atoms with Gasteiger partial charge in [0.2, 0.25) is 0 Å². The summed E-state index contributed by atoms with van der Waals surface area (Å²) in [5, 5.41) is 0. The third-order valence-electron chi connectivity index (χ3n) is 3.97. The minimum Gasteiger partial charge on any atom is -0.488 e. The molecule has 0 radical (unpaired) electrons. The fourth-order valence-electron chi connectivity index (χ4n) is 3.05. The SMILES string of the molecule is CCOC(=O)C1CCCN(c2ccc(OC(C)(C)C)cc2C)C1. The van der Waals surface area contributed by atoms with E-state index in [1.165, 1.54) is 11.3 Å². The van der Waals surface area contributed by atoms with Crippen molar-refractivity contribution in [2.75, 3.05) is 24.6 Å². The third kappa shape index (κ3) is 4.88. The first-order valence-corrected chi connectivity index (χ1v) is 8.51. The van der Waals surface area contributed by atoms with Crippen LogP contribution in [0.15, 0.2) is 18.2 Å². The van der Waals surface area contributed by atoms with Crippen LogP contribution in [0.5, 0.6) is 5.75 Å². The largest absolute Gasteiger partial charge is 0.488 e. The maximum Gasteiger partial charge on any atom is 0.310 e. The maximum absolute atomic E-state index is 12.0. The minimum atomic E-state index is -0.200. The van der Waals surface area contributed by atoms with Crippen LogP contribution in [0.2, 0.25) is 0 Å². The molecule has 1 fully saturated rings. The van der Waals surface area contributed by atoms with Crippen LogP contribution in [0.25, 0.3) is 0 Å². The van der Waals surface area contributed by atoms with Gasteiger partial charge in [-0.1, -0.05) is 0 Å². The van der Waals surface area contributed by atoms with Crippen molar-refractivity contribution in [3.8, 4) is 5.75 Å². The van der Waals surface area contributed by atoms with Crippen LogP contribution in [0.3, 0.4) is 0 Å². The fraction of sp³-hybridized carbons (Fsp3) is 0.632. The van der Waals surface area contributed by atoms with Gasteiger partial charge in [-0.15, -0.1) is 0 Å². The molecule has 1 saturated heterocycles. The van der Waals surface area contributed by atoms with Crippen molar-refractivity contribution in [1.29, 1.82) is 0 Å². The van der Waals surface area contributed by atoms with E-state index < -0.39 is 0 Å². The third-order valence-corrected chi connectivity index (χ3v) is 3.97. The molecule has 1 atom stereocenters. The molecule has 0 saturated carbocycles. The Morgan fingerprint density at radius 2 is 2.09 bits per heavy atom. The van der Waals surface area contributed by atoms with Gasteiger partial charge in [0.15, 0.2) is 0 Å². The number of aryl methyl sites for hydroxylation is 1. The Balaban J connectivity index is 2.10. The lowest BCUT2D eigenvalue weighted by molar-refractivity contribution is -0.148. The number of hydrogen-bond acceptors (Lipinski definition) is 4. The van der Waals surface area contributed by atoms with E-state index in [-0.39, 0.29) is 17.5 Å². The topological polar surface area (TPSA) is 38.8 Å². The number of esters is 1. The molecule has 1 aliphatic rings. The zero-order chi connectivity index (χ0) is 17.0. The molecule has 4 nitrogen and oxygen atoms in total. The van der Waals surface area contributed by atoms with Crippen LogP contribution in [0.1, 0.15) is 46.1 Å². The molecular weight excluding hydrogens is 290 g/mol. The second-order valence-electron chi connectivity index (χ2n) is 7.20. The molecule has 0 N–H and O–H groups in total. The Bertz CT molecular complexity index is 548. The fourth-order valence-corrected chi connectivity index (χ4v) is 3.05. The Kier molecular flexibility index (Phi) is 5.55. The molecule has 0 aliphatic carbocycles. The summed E-state index contributed by atoms with van der Waals surface area (Å²) < 4.78 is 11.1. The normalized spacial score (nSPS) is 18.7. The van der Waals surface area contributed by atoms with Gasteiger partial charge in [-0.2, -0.15) is 0 Å². The first kappa shape index (κ1) is 17.6. The van der Waals surface area contributed by atoms with Crippen molar-refractivity contribution >= 4 is 11.7 Å². The first-order valence-electron chi connectivity index (χ1n) is 8.51. The van der Waals surface area contributed by atoms with Gasteiger partial charge >= 0.3 is 5.97 Å². The number of nitrogens with zero attached hydrogens (tertiary/aromatic N) is 1. The molecule has 1 aliphatic heterocycles. The van der Waals surface area contributed by atoms with E-state index in [9.17, 15) is 4.79 Å². The summed E-state index contributed by atoms with van der Waals surface area (Å²) in [5.74, 6) is 0.800. The van der Waals surface area contributed by atoms with Gasteiger partial charge in [-0.25, -0.2) is 0 Å². The summed E-state index contributed by atoms with van der Waals surface area (Å²) in [7, 11) is 0. The number of ether oxygens (including phenoxy) is 2. The highest BCUT2D eigenvalue weighted by molar-refractivity contribution is 5.74. The molecule has 1 aromatic rings. The minimum absolute atomic E-state index is 0.0198. The van der Waals surface area contributed by atoms with E-state index in [0.29, 0.717) is 6.61 Å². The summed E-state index contributed by atoms with van der Waals surface area (Å²) in [6, 6.07) is 6.19. The van der Waals surface area contributed by atoms with Crippen molar-refractivity contribution in [2.24, 2.45) is 5.92 Å². The van der Waals surface area contributed by atoms with Crippen molar-refractivity contribution in [2.45, 2.75) is 53.1 Å². The zero-order valence-electron chi connectivity index (χ0n) is 15.0. The monoisotopic (exact) mass is 319 g/mol. The highest BCUT2D eigenvalue weighted by Gasteiger charge is 2.27. The number of anilines is 1. The standard InChI is InChI=1S/C19H29NO3/c1-6-22-18(21)15-8-7-11-20(13-15)17-10-9-16(12-14(17)2)23-19(3,4)5/h9-10,12,15H,6-8,11,13H2,1-5H3. The number of rotatable bonds is 4. The van der Waals surface area contributed by atoms with Crippen LogP contribution in [-0.4, -0.2) is 31.3 Å². The quantitative estimate of drug-likeness (QED) is 0.788. The average molecular weight is 319 g/mol. The summed E-state index contributed by atoms with van der Waals surface area (Å²) >= 11 is 0. The molecule has 0 aromatic heterocycles. The lowest BCUT2D eigenvalue weighted by atomic mass is 9.97. The van der Waals surface area contributed by atoms with Crippen LogP contribution in [0, 0.1) is 12.8 Å². The van der Waals surface area contributed by atoms with Gasteiger partial charge in [0.25, 0.3) is 0 Å². The predicted molar refractivity (Wildman–Crippen MR) is 93.1 cm³/mol. The zero-order valence-corrected chi connectivity index (χ0v) is 15.0. The van der Waals surface area contributed by atoms with Gasteiger partial charge in [0, 0.05) is 18.8 Å². The lowest BCUT2D eigenvalue weighted by Crippen LogP contribution is -2.39. The summed E-state index contributed by atoms with van der Waals surface area (Å²) in [6.45, 7) is 12.3. The van der Waals surface area contributed by atoms with Crippen LogP contribution in [-0.2, 0) is 9.53 Å². The average Bonchev–Trinajstić information content (AvgIpc) is 2.46. The lowest BCUT2D eigenvalue weighted by Gasteiger charge is -2.34. The van der Waals surface area contributed by atoms with Crippen molar-refractivity contribution in [3.63, 3.8) is 0 Å². The van der Waals surface area contributed by atoms with E-state index in [4.69, 9.17) is 9.47 Å². The van der Waals surface area contributed by atoms with E-state index in [1.54, 1.807) is 0 Å². The van der Waals surface area contributed by atoms with E-state index in [0.717, 1.165) is 31.7 Å². The van der Waals surface area contributed by atoms with Crippen LogP contribution < -0.4 is 9.64 Å². The Labute approximate surface area is 139 Å². The summed E-state index contributed by atoms with van der Waals surface area (Å²) in [5.41, 5.74) is 2.16. The first-order chi connectivity index (χ1) is 10.8. The number of carbonyl (C=O) groups is 1. The van der Waals surface area contributed by atoms with Gasteiger partial charge in [-0.05, 0) is 71.2 Å². The number of benzene rings is 1. The number of piperidine rings is 1. The van der Waals surface area contributed by atoms with Crippen molar-refractivity contribution < 1.29 is 14.3 Å². The molecule has 1 heterocycles. The molecule has 0 bridgehead atoms. The smallest absolute Gasteiger partial charge is 0.310 e. The molecule has 23 heavy (non-hydrogen) atoms. The maximum atomic E-state index is 12.0. The van der Waals surface area contributed by atoms with Gasteiger partial charge in [0.1, 0.15) is 11.4 Å². The second kappa shape index (κ2) is 7.24. The Morgan fingerprint density at radius 1 is 1.35 bits per heavy atom. The predicted octanol–water partition coefficient (Wildman–Crippen LogP) is 3.95. The molecule has 128 valence electrons. The molecular formula is C19H29NO3. The second-order valence-corrected chi connectivity index (χ2v) is 7.20. The molecule has 4 heteroatoms. The Morgan fingerprint density at radius 3 is 2.70 bits per heavy atom.